The summed E-state index contributed by atoms with van der Waals surface area (Å²) in [6.07, 6.45) is 6.31. The Hall–Kier alpha value is -2.62. The number of rotatable bonds is 3. The van der Waals surface area contributed by atoms with Crippen LogP contribution in [0.15, 0.2) is 54.7 Å². The summed E-state index contributed by atoms with van der Waals surface area (Å²) in [6.45, 7) is 3.01. The van der Waals surface area contributed by atoms with Crippen molar-refractivity contribution in [2.75, 3.05) is 6.54 Å². The summed E-state index contributed by atoms with van der Waals surface area (Å²) in [5, 5.41) is 4.72. The predicted molar refractivity (Wildman–Crippen MR) is 99.6 cm³/mol. The van der Waals surface area contributed by atoms with Gasteiger partial charge in [0.1, 0.15) is 5.69 Å². The maximum Gasteiger partial charge on any atom is 0.258 e. The van der Waals surface area contributed by atoms with Gasteiger partial charge in [0, 0.05) is 24.3 Å². The van der Waals surface area contributed by atoms with E-state index in [0.29, 0.717) is 6.04 Å². The number of carbonyl (C=O) groups excluding carboxylic acids is 1. The number of pyridine rings is 1. The van der Waals surface area contributed by atoms with E-state index in [1.165, 1.54) is 6.42 Å². The summed E-state index contributed by atoms with van der Waals surface area (Å²) in [6, 6.07) is 16.2. The maximum absolute atomic E-state index is 13.5. The van der Waals surface area contributed by atoms with Crippen molar-refractivity contribution in [3.63, 3.8) is 0 Å². The number of piperidine rings is 1. The molecule has 4 nitrogen and oxygen atoms in total. The molecule has 1 fully saturated rings. The van der Waals surface area contributed by atoms with Crippen LogP contribution in [0.25, 0.3) is 16.8 Å². The largest absolute Gasteiger partial charge is 0.336 e. The Balaban J connectivity index is 1.86. The molecule has 3 heterocycles. The highest BCUT2D eigenvalue weighted by atomic mass is 16.2. The number of hydrogen-bond acceptors (Lipinski definition) is 2. The summed E-state index contributed by atoms with van der Waals surface area (Å²) in [5.74, 6) is 0.117. The van der Waals surface area contributed by atoms with Gasteiger partial charge in [-0.2, -0.15) is 5.10 Å². The first-order valence-corrected chi connectivity index (χ1v) is 9.13. The zero-order chi connectivity index (χ0) is 17.2. The minimum Gasteiger partial charge on any atom is -0.336 e. The number of benzene rings is 1. The average Bonchev–Trinajstić information content (AvgIpc) is 3.07. The van der Waals surface area contributed by atoms with Crippen LogP contribution in [0.1, 0.15) is 43.0 Å². The van der Waals surface area contributed by atoms with Crippen LogP contribution >= 0.6 is 0 Å². The lowest BCUT2D eigenvalue weighted by Crippen LogP contribution is -2.43. The van der Waals surface area contributed by atoms with Crippen molar-refractivity contribution in [3.8, 4) is 11.3 Å². The fourth-order valence-electron chi connectivity index (χ4n) is 3.84. The summed E-state index contributed by atoms with van der Waals surface area (Å²) in [5.41, 5.74) is 3.37. The van der Waals surface area contributed by atoms with Crippen molar-refractivity contribution in [1.29, 1.82) is 0 Å². The minimum absolute atomic E-state index is 0.117. The van der Waals surface area contributed by atoms with E-state index >= 15 is 0 Å². The van der Waals surface area contributed by atoms with Gasteiger partial charge >= 0.3 is 0 Å². The molecule has 1 aromatic carbocycles. The lowest BCUT2D eigenvalue weighted by atomic mass is 9.97. The highest BCUT2D eigenvalue weighted by Gasteiger charge is 2.30. The summed E-state index contributed by atoms with van der Waals surface area (Å²) in [4.78, 5) is 15.6. The summed E-state index contributed by atoms with van der Waals surface area (Å²) >= 11 is 0. The van der Waals surface area contributed by atoms with E-state index in [1.807, 2.05) is 59.2 Å². The number of amides is 1. The van der Waals surface area contributed by atoms with E-state index < -0.39 is 0 Å². The number of carbonyl (C=O) groups is 1. The van der Waals surface area contributed by atoms with Crippen LogP contribution in [0.3, 0.4) is 0 Å². The Bertz CT molecular complexity index is 885. The molecule has 1 aliphatic rings. The van der Waals surface area contributed by atoms with Crippen LogP contribution in [0.5, 0.6) is 0 Å². The molecule has 0 spiro atoms. The highest BCUT2D eigenvalue weighted by Crippen LogP contribution is 2.30. The van der Waals surface area contributed by atoms with Crippen LogP contribution in [0.2, 0.25) is 0 Å². The predicted octanol–water partition coefficient (Wildman–Crippen LogP) is 4.41. The van der Waals surface area contributed by atoms with Gasteiger partial charge < -0.3 is 4.90 Å². The zero-order valence-corrected chi connectivity index (χ0v) is 14.6. The Kier molecular flexibility index (Phi) is 4.26. The van der Waals surface area contributed by atoms with E-state index in [-0.39, 0.29) is 5.91 Å². The van der Waals surface area contributed by atoms with Crippen molar-refractivity contribution in [3.05, 3.63) is 60.3 Å². The van der Waals surface area contributed by atoms with Crippen molar-refractivity contribution in [2.24, 2.45) is 0 Å². The molecular formula is C21H23N3O. The number of hydrogen-bond donors (Lipinski definition) is 0. The van der Waals surface area contributed by atoms with E-state index in [4.69, 9.17) is 5.10 Å². The van der Waals surface area contributed by atoms with Crippen molar-refractivity contribution in [2.45, 2.75) is 38.6 Å². The molecule has 128 valence electrons. The van der Waals surface area contributed by atoms with E-state index in [2.05, 4.69) is 11.8 Å². The number of fused-ring (bicyclic) bond motifs is 1. The molecule has 0 radical (unpaired) electrons. The third kappa shape index (κ3) is 2.82. The molecule has 1 atom stereocenters. The second-order valence-corrected chi connectivity index (χ2v) is 6.68. The Morgan fingerprint density at radius 2 is 1.92 bits per heavy atom. The molecular weight excluding hydrogens is 310 g/mol. The fourth-order valence-corrected chi connectivity index (χ4v) is 3.84. The molecule has 0 saturated carbocycles. The Morgan fingerprint density at radius 3 is 2.72 bits per heavy atom. The lowest BCUT2D eigenvalue weighted by molar-refractivity contribution is 0.0611. The van der Waals surface area contributed by atoms with Gasteiger partial charge in [-0.25, -0.2) is 4.52 Å². The molecule has 0 bridgehead atoms. The maximum atomic E-state index is 13.5. The van der Waals surface area contributed by atoms with Crippen molar-refractivity contribution in [1.82, 2.24) is 14.5 Å². The molecule has 3 aromatic rings. The van der Waals surface area contributed by atoms with Gasteiger partial charge in [-0.05, 0) is 37.8 Å². The Morgan fingerprint density at radius 1 is 1.12 bits per heavy atom. The average molecular weight is 333 g/mol. The molecule has 0 aliphatic carbocycles. The second kappa shape index (κ2) is 6.71. The molecule has 2 aromatic heterocycles. The van der Waals surface area contributed by atoms with Crippen LogP contribution in [-0.2, 0) is 0 Å². The fraction of sp³-hybridized carbons (Fsp3) is 0.333. The minimum atomic E-state index is 0.117. The van der Waals surface area contributed by atoms with Gasteiger partial charge in [0.05, 0.1) is 11.1 Å². The SMILES string of the molecule is CCC1CCCCN1C(=O)c1c(-c2ccccc2)nn2ccccc12. The number of aromatic nitrogens is 2. The molecule has 1 amide bonds. The quantitative estimate of drug-likeness (QED) is 0.712. The first kappa shape index (κ1) is 15.9. The van der Waals surface area contributed by atoms with Crippen LogP contribution in [0, 0.1) is 0 Å². The first-order chi connectivity index (χ1) is 12.3. The van der Waals surface area contributed by atoms with Gasteiger partial charge in [-0.3, -0.25) is 4.79 Å². The van der Waals surface area contributed by atoms with Gasteiger partial charge in [-0.15, -0.1) is 0 Å². The third-order valence-corrected chi connectivity index (χ3v) is 5.16. The third-order valence-electron chi connectivity index (χ3n) is 5.16. The highest BCUT2D eigenvalue weighted by molar-refractivity contribution is 6.06. The molecule has 0 N–H and O–H groups in total. The molecule has 4 heteroatoms. The molecule has 4 rings (SSSR count). The molecule has 1 saturated heterocycles. The van der Waals surface area contributed by atoms with E-state index in [1.54, 1.807) is 0 Å². The van der Waals surface area contributed by atoms with Crippen molar-refractivity contribution >= 4 is 11.4 Å². The van der Waals surface area contributed by atoms with Gasteiger partial charge in [-0.1, -0.05) is 43.3 Å². The lowest BCUT2D eigenvalue weighted by Gasteiger charge is -2.35. The van der Waals surface area contributed by atoms with E-state index in [9.17, 15) is 4.79 Å². The van der Waals surface area contributed by atoms with Crippen LogP contribution in [-0.4, -0.2) is 33.0 Å². The second-order valence-electron chi connectivity index (χ2n) is 6.68. The number of likely N-dealkylation sites (tertiary alicyclic amines) is 1. The first-order valence-electron chi connectivity index (χ1n) is 9.13. The molecule has 25 heavy (non-hydrogen) atoms. The van der Waals surface area contributed by atoms with Crippen LogP contribution < -0.4 is 0 Å². The normalized spacial score (nSPS) is 17.8. The molecule has 1 aliphatic heterocycles. The zero-order valence-electron chi connectivity index (χ0n) is 14.6. The van der Waals surface area contributed by atoms with Crippen LogP contribution in [0.4, 0.5) is 0 Å². The Labute approximate surface area is 148 Å². The summed E-state index contributed by atoms with van der Waals surface area (Å²) < 4.78 is 1.82. The van der Waals surface area contributed by atoms with Gasteiger partial charge in [0.2, 0.25) is 0 Å². The number of nitrogens with zero attached hydrogens (tertiary/aromatic N) is 3. The van der Waals surface area contributed by atoms with Gasteiger partial charge in [0.15, 0.2) is 0 Å². The standard InChI is InChI=1S/C21H23N3O/c1-2-17-12-6-8-14-23(17)21(25)19-18-13-7-9-15-24(18)22-20(19)16-10-4-3-5-11-16/h3-5,7,9-11,13,15,17H,2,6,8,12,14H2,1H3. The summed E-state index contributed by atoms with van der Waals surface area (Å²) in [7, 11) is 0. The monoisotopic (exact) mass is 333 g/mol. The van der Waals surface area contributed by atoms with Crippen molar-refractivity contribution < 1.29 is 4.79 Å². The topological polar surface area (TPSA) is 37.6 Å². The van der Waals surface area contributed by atoms with E-state index in [0.717, 1.165) is 48.1 Å². The molecule has 1 unspecified atom stereocenters. The smallest absolute Gasteiger partial charge is 0.258 e. The van der Waals surface area contributed by atoms with Gasteiger partial charge in [0.25, 0.3) is 5.91 Å².